The van der Waals surface area contributed by atoms with Crippen molar-refractivity contribution in [2.75, 3.05) is 35.8 Å². The number of aliphatic carboxylic acids is 3. The van der Waals surface area contributed by atoms with Crippen molar-refractivity contribution in [3.63, 3.8) is 0 Å². The van der Waals surface area contributed by atoms with Crippen molar-refractivity contribution in [2.24, 2.45) is 0 Å². The molecule has 0 spiro atoms. The molecule has 0 unspecified atom stereocenters. The number of aromatic nitrogens is 4. The summed E-state index contributed by atoms with van der Waals surface area (Å²) >= 11 is 0. The monoisotopic (exact) mass is 809 g/mol. The zero-order valence-corrected chi connectivity index (χ0v) is 31.8. The molecule has 0 saturated carbocycles. The first-order valence-electron chi connectivity index (χ1n) is 17.9. The summed E-state index contributed by atoms with van der Waals surface area (Å²) in [5.41, 5.74) is 15.4. The molecule has 0 bridgehead atoms. The van der Waals surface area contributed by atoms with Crippen LogP contribution in [-0.4, -0.2) is 85.2 Å². The Labute approximate surface area is 335 Å². The number of hydrogen-bond donors (Lipinski definition) is 7. The number of halogens is 1. The minimum Gasteiger partial charge on any atom is -0.497 e. The summed E-state index contributed by atoms with van der Waals surface area (Å²) in [7, 11) is 3.37. The van der Waals surface area contributed by atoms with Gasteiger partial charge in [0.25, 0.3) is 11.8 Å². The molecule has 18 nitrogen and oxygen atoms in total. The van der Waals surface area contributed by atoms with Gasteiger partial charge in [0.1, 0.15) is 17.6 Å². The maximum atomic E-state index is 14.4. The molecule has 3 aromatic carbocycles. The Bertz CT molecular complexity index is 2440. The van der Waals surface area contributed by atoms with Crippen LogP contribution in [0.25, 0.3) is 22.3 Å². The molecule has 1 atom stereocenters. The maximum absolute atomic E-state index is 14.4. The molecule has 6 rings (SSSR count). The van der Waals surface area contributed by atoms with Crippen molar-refractivity contribution in [1.29, 1.82) is 0 Å². The highest BCUT2D eigenvalue weighted by Gasteiger charge is 2.26. The van der Waals surface area contributed by atoms with Crippen LogP contribution in [0.2, 0.25) is 0 Å². The molecule has 1 aliphatic carbocycles. The van der Waals surface area contributed by atoms with Crippen LogP contribution in [0.5, 0.6) is 5.75 Å². The molecule has 306 valence electrons. The van der Waals surface area contributed by atoms with Crippen LogP contribution in [-0.2, 0) is 25.7 Å². The average molecular weight is 810 g/mol. The highest BCUT2D eigenvalue weighted by Crippen LogP contribution is 2.30. The summed E-state index contributed by atoms with van der Waals surface area (Å²) in [6.07, 6.45) is 2.32. The second kappa shape index (κ2) is 19.0. The van der Waals surface area contributed by atoms with Crippen molar-refractivity contribution >= 4 is 64.0 Å². The van der Waals surface area contributed by atoms with E-state index in [1.807, 2.05) is 24.1 Å². The molecule has 0 aliphatic heterocycles. The quantitative estimate of drug-likeness (QED) is 0.0824. The number of carbonyl (C=O) groups is 5. The van der Waals surface area contributed by atoms with E-state index in [0.29, 0.717) is 54.0 Å². The number of nitrogens with zero attached hydrogens (tertiary/aromatic N) is 5. The van der Waals surface area contributed by atoms with Crippen molar-refractivity contribution in [2.45, 2.75) is 44.7 Å². The van der Waals surface area contributed by atoms with Gasteiger partial charge in [0.05, 0.1) is 31.2 Å². The standard InChI is InChI=1S/C20H18FNO4.C20H22N8O5/c1-26-14-5-2-4-12(10-14)13-8-9-18(17(21)11-13)22-19(23)15-6-3-7-16(15)20(24)25;1-28(9-11-8-23-17-15(24-11)16(21)26-20(22)27-17)12-4-2-10(3-5-12)18(31)25-13(19(32)33)6-7-14(29)30/h2,4-5,8-11H,3,6-7H2,1H3,(H,22,23)(H,24,25);2-5,8,13H,6-7,9H2,1H3,(H,25,31)(H,29,30)(H,32,33)(H4,21,22,23,26,27)/t;13-/m.0/s1. The number of nitrogens with one attached hydrogen (secondary N) is 2. The fourth-order valence-corrected chi connectivity index (χ4v) is 6.05. The largest absolute Gasteiger partial charge is 0.497 e. The van der Waals surface area contributed by atoms with Crippen molar-refractivity contribution in [3.8, 4) is 16.9 Å². The Morgan fingerprint density at radius 2 is 1.61 bits per heavy atom. The summed E-state index contributed by atoms with van der Waals surface area (Å²) in [5.74, 6) is -4.49. The van der Waals surface area contributed by atoms with Gasteiger partial charge in [0, 0.05) is 35.9 Å². The van der Waals surface area contributed by atoms with Gasteiger partial charge >= 0.3 is 17.9 Å². The number of fused-ring (bicyclic) bond motifs is 1. The lowest BCUT2D eigenvalue weighted by atomic mass is 10.0. The molecule has 2 heterocycles. The molecular weight excluding hydrogens is 769 g/mol. The van der Waals surface area contributed by atoms with E-state index in [2.05, 4.69) is 30.6 Å². The Balaban J connectivity index is 0.000000230. The Morgan fingerprint density at radius 3 is 2.27 bits per heavy atom. The summed E-state index contributed by atoms with van der Waals surface area (Å²) in [4.78, 5) is 76.2. The number of hydrogen-bond acceptors (Lipinski definition) is 13. The van der Waals surface area contributed by atoms with Crippen LogP contribution in [0, 0.1) is 5.82 Å². The van der Waals surface area contributed by atoms with Gasteiger partial charge in [-0.1, -0.05) is 18.2 Å². The van der Waals surface area contributed by atoms with E-state index >= 15 is 0 Å². The van der Waals surface area contributed by atoms with Gasteiger partial charge in [-0.05, 0) is 85.3 Å². The van der Waals surface area contributed by atoms with Crippen LogP contribution >= 0.6 is 0 Å². The van der Waals surface area contributed by atoms with E-state index in [4.69, 9.17) is 26.4 Å². The lowest BCUT2D eigenvalue weighted by molar-refractivity contribution is -0.140. The number of carboxylic acids is 3. The van der Waals surface area contributed by atoms with Crippen molar-refractivity contribution in [1.82, 2.24) is 25.3 Å². The van der Waals surface area contributed by atoms with Crippen LogP contribution in [0.1, 0.15) is 48.2 Å². The number of nitrogens with two attached hydrogens (primary N) is 2. The molecule has 0 saturated heterocycles. The fourth-order valence-electron chi connectivity index (χ4n) is 6.05. The van der Waals surface area contributed by atoms with Gasteiger partial charge < -0.3 is 47.1 Å². The molecule has 0 radical (unpaired) electrons. The normalized spacial score (nSPS) is 12.5. The highest BCUT2D eigenvalue weighted by molar-refractivity contribution is 6.09. The van der Waals surface area contributed by atoms with E-state index < -0.39 is 41.6 Å². The Morgan fingerprint density at radius 1 is 0.898 bits per heavy atom. The lowest BCUT2D eigenvalue weighted by Gasteiger charge is -2.19. The predicted molar refractivity (Wildman–Crippen MR) is 214 cm³/mol. The van der Waals surface area contributed by atoms with Gasteiger partial charge in [-0.25, -0.2) is 23.9 Å². The number of carboxylic acid groups (broad SMARTS) is 3. The number of anilines is 4. The van der Waals surface area contributed by atoms with Gasteiger partial charge in [-0.15, -0.1) is 0 Å². The number of nitrogen functional groups attached to an aromatic ring is 2. The number of amides is 2. The first-order chi connectivity index (χ1) is 28.1. The van der Waals surface area contributed by atoms with Gasteiger partial charge in [0.2, 0.25) is 5.95 Å². The molecular formula is C40H40FN9O9. The molecule has 19 heteroatoms. The van der Waals surface area contributed by atoms with Crippen LogP contribution in [0.15, 0.2) is 84.1 Å². The molecule has 1 aliphatic rings. The summed E-state index contributed by atoms with van der Waals surface area (Å²) in [6, 6.07) is 16.9. The number of methoxy groups -OCH3 is 1. The van der Waals surface area contributed by atoms with Gasteiger partial charge in [0.15, 0.2) is 17.0 Å². The van der Waals surface area contributed by atoms with E-state index in [-0.39, 0.29) is 47.0 Å². The summed E-state index contributed by atoms with van der Waals surface area (Å²) in [5, 5.41) is 31.9. The Hall–Kier alpha value is -7.70. The second-order valence-electron chi connectivity index (χ2n) is 13.2. The molecule has 5 aromatic rings. The minimum absolute atomic E-state index is 0.0138. The predicted octanol–water partition coefficient (Wildman–Crippen LogP) is 4.27. The minimum atomic E-state index is -1.30. The average Bonchev–Trinajstić information content (AvgIpc) is 3.72. The third-order valence-electron chi connectivity index (χ3n) is 9.09. The summed E-state index contributed by atoms with van der Waals surface area (Å²) in [6.45, 7) is 0.370. The zero-order chi connectivity index (χ0) is 42.8. The molecule has 2 aromatic heterocycles. The fraction of sp³-hybridized carbons (Fsp3) is 0.225. The van der Waals surface area contributed by atoms with Gasteiger partial charge in [-0.3, -0.25) is 14.4 Å². The van der Waals surface area contributed by atoms with Crippen LogP contribution in [0.4, 0.5) is 27.5 Å². The molecule has 59 heavy (non-hydrogen) atoms. The first kappa shape index (κ1) is 42.4. The van der Waals surface area contributed by atoms with Crippen molar-refractivity contribution in [3.05, 3.63) is 101 Å². The van der Waals surface area contributed by atoms with E-state index in [9.17, 15) is 33.5 Å². The SMILES string of the molecule is CN(Cc1cnc2nc(N)nc(N)c2n1)c1ccc(C(=O)N[C@@H](CCC(=O)O)C(=O)O)cc1.COc1cccc(-c2ccc(NC(=O)C3=C(C(=O)O)CCC3)c(F)c2)c1. The second-order valence-corrected chi connectivity index (χ2v) is 13.2. The summed E-state index contributed by atoms with van der Waals surface area (Å²) < 4.78 is 19.6. The zero-order valence-electron chi connectivity index (χ0n) is 31.8. The van der Waals surface area contributed by atoms with E-state index in [1.165, 1.54) is 24.3 Å². The number of rotatable bonds is 14. The third kappa shape index (κ3) is 11.0. The number of ether oxygens (including phenoxy) is 1. The number of carbonyl (C=O) groups excluding carboxylic acids is 2. The Kier molecular flexibility index (Phi) is 13.6. The van der Waals surface area contributed by atoms with Crippen LogP contribution < -0.4 is 31.7 Å². The third-order valence-corrected chi connectivity index (χ3v) is 9.09. The van der Waals surface area contributed by atoms with Crippen LogP contribution in [0.3, 0.4) is 0 Å². The molecule has 9 N–H and O–H groups in total. The van der Waals surface area contributed by atoms with E-state index in [0.717, 1.165) is 11.3 Å². The van der Waals surface area contributed by atoms with E-state index in [1.54, 1.807) is 43.6 Å². The molecule has 2 amide bonds. The first-order valence-corrected chi connectivity index (χ1v) is 17.9. The highest BCUT2D eigenvalue weighted by atomic mass is 19.1. The lowest BCUT2D eigenvalue weighted by Crippen LogP contribution is -2.41. The molecule has 0 fully saturated rings. The maximum Gasteiger partial charge on any atom is 0.332 e. The smallest absolute Gasteiger partial charge is 0.332 e. The topological polar surface area (TPSA) is 286 Å². The number of benzene rings is 3. The van der Waals surface area contributed by atoms with Gasteiger partial charge in [-0.2, -0.15) is 9.97 Å². The van der Waals surface area contributed by atoms with Crippen molar-refractivity contribution < 1.29 is 48.4 Å².